The van der Waals surface area contributed by atoms with E-state index < -0.39 is 47.9 Å². The minimum Gasteiger partial charge on any atom is -0.475 e. The topological polar surface area (TPSA) is 131 Å². The maximum absolute atomic E-state index is 12.6. The maximum Gasteiger partial charge on any atom is 0.471 e. The molecule has 2 rings (SSSR count). The number of hydrogen-bond acceptors (Lipinski definition) is 5. The van der Waals surface area contributed by atoms with Gasteiger partial charge in [0, 0.05) is 6.54 Å². The summed E-state index contributed by atoms with van der Waals surface area (Å²) in [7, 11) is 0. The lowest BCUT2D eigenvalue weighted by atomic mass is 9.98. The highest BCUT2D eigenvalue weighted by Gasteiger charge is 2.46. The quantitative estimate of drug-likeness (QED) is 0.425. The molecule has 1 aromatic carbocycles. The second-order valence-electron chi connectivity index (χ2n) is 7.04. The van der Waals surface area contributed by atoms with E-state index in [2.05, 4.69) is 5.32 Å². The summed E-state index contributed by atoms with van der Waals surface area (Å²) >= 11 is 0. The molecule has 0 aromatic heterocycles. The summed E-state index contributed by atoms with van der Waals surface area (Å²) in [5.41, 5.74) is 6.88. The van der Waals surface area contributed by atoms with E-state index in [0.717, 1.165) is 25.3 Å². The van der Waals surface area contributed by atoms with Crippen LogP contribution in [0.2, 0.25) is 0 Å². The number of halogens is 3. The molecule has 5 N–H and O–H groups in total. The lowest BCUT2D eigenvalue weighted by Crippen LogP contribution is -2.62. The molecule has 31 heavy (non-hydrogen) atoms. The number of hydrogen-bond donors (Lipinski definition) is 4. The molecule has 0 aliphatic carbocycles. The molecule has 1 aliphatic heterocycles. The van der Waals surface area contributed by atoms with Crippen LogP contribution in [0.25, 0.3) is 0 Å². The van der Waals surface area contributed by atoms with E-state index in [4.69, 9.17) is 15.6 Å². The Kier molecular flexibility index (Phi) is 8.43. The molecule has 0 radical (unpaired) electrons. The summed E-state index contributed by atoms with van der Waals surface area (Å²) in [6, 6.07) is 6.87. The zero-order chi connectivity index (χ0) is 23.0. The minimum absolute atomic E-state index is 0.203. The van der Waals surface area contributed by atoms with Gasteiger partial charge in [-0.2, -0.15) is 13.2 Å². The fourth-order valence-electron chi connectivity index (χ4n) is 3.06. The summed E-state index contributed by atoms with van der Waals surface area (Å²) < 4.78 is 42.8. The average Bonchev–Trinajstić information content (AvgIpc) is 2.71. The smallest absolute Gasteiger partial charge is 0.471 e. The van der Waals surface area contributed by atoms with Gasteiger partial charge in [0.25, 0.3) is 5.91 Å². The molecule has 0 fully saturated rings. The predicted octanol–water partition coefficient (Wildman–Crippen LogP) is 1.26. The van der Waals surface area contributed by atoms with Gasteiger partial charge in [0.15, 0.2) is 6.10 Å². The van der Waals surface area contributed by atoms with Crippen molar-refractivity contribution in [3.05, 3.63) is 47.7 Å². The molecule has 2 amide bonds. The molecule has 1 aliphatic rings. The van der Waals surface area contributed by atoms with Crippen LogP contribution in [0, 0.1) is 0 Å². The van der Waals surface area contributed by atoms with Crippen molar-refractivity contribution in [3.63, 3.8) is 0 Å². The van der Waals surface area contributed by atoms with Gasteiger partial charge in [0.2, 0.25) is 5.76 Å². The number of ether oxygens (including phenoxy) is 1. The van der Waals surface area contributed by atoms with E-state index in [1.807, 2.05) is 30.3 Å². The van der Waals surface area contributed by atoms with E-state index in [-0.39, 0.29) is 6.54 Å². The fourth-order valence-corrected chi connectivity index (χ4v) is 3.06. The molecule has 1 aromatic rings. The van der Waals surface area contributed by atoms with Crippen LogP contribution >= 0.6 is 0 Å². The SMILES string of the molecule is N[C@H]1C=C(C(=O)O)O[C@@H](C(=O)NCCCCCc2ccccc2)[C@@H]1NC(=O)C(F)(F)F. The minimum atomic E-state index is -5.20. The number of carbonyl (C=O) groups excluding carboxylic acids is 2. The van der Waals surface area contributed by atoms with Gasteiger partial charge >= 0.3 is 18.1 Å². The van der Waals surface area contributed by atoms with Crippen molar-refractivity contribution in [3.8, 4) is 0 Å². The third-order valence-corrected chi connectivity index (χ3v) is 4.65. The van der Waals surface area contributed by atoms with Gasteiger partial charge in [-0.15, -0.1) is 0 Å². The number of aryl methyl sites for hydroxylation is 1. The molecule has 3 atom stereocenters. The van der Waals surface area contributed by atoms with Crippen molar-refractivity contribution in [2.75, 3.05) is 6.54 Å². The molecule has 1 heterocycles. The first kappa shape index (κ1) is 24.2. The first-order chi connectivity index (χ1) is 14.6. The Hall–Kier alpha value is -3.08. The van der Waals surface area contributed by atoms with Crippen LogP contribution in [-0.2, 0) is 25.5 Å². The highest BCUT2D eigenvalue weighted by atomic mass is 19.4. The molecule has 0 bridgehead atoms. The van der Waals surface area contributed by atoms with Gasteiger partial charge in [-0.25, -0.2) is 4.79 Å². The summed E-state index contributed by atoms with van der Waals surface area (Å²) in [5.74, 6) is -5.37. The Morgan fingerprint density at radius 3 is 2.39 bits per heavy atom. The van der Waals surface area contributed by atoms with Gasteiger partial charge in [0.1, 0.15) is 0 Å². The van der Waals surface area contributed by atoms with Crippen LogP contribution in [0.3, 0.4) is 0 Å². The van der Waals surface area contributed by atoms with E-state index in [0.29, 0.717) is 6.42 Å². The Balaban J connectivity index is 1.90. The van der Waals surface area contributed by atoms with Gasteiger partial charge in [-0.05, 0) is 30.9 Å². The number of nitrogens with two attached hydrogens (primary N) is 1. The second kappa shape index (κ2) is 10.8. The van der Waals surface area contributed by atoms with E-state index in [1.54, 1.807) is 5.32 Å². The number of carbonyl (C=O) groups is 3. The van der Waals surface area contributed by atoms with Gasteiger partial charge in [-0.3, -0.25) is 9.59 Å². The number of rotatable bonds is 9. The highest BCUT2D eigenvalue weighted by molar-refractivity contribution is 5.89. The summed E-state index contributed by atoms with van der Waals surface area (Å²) in [6.07, 6.45) is -2.95. The van der Waals surface area contributed by atoms with Crippen molar-refractivity contribution in [2.24, 2.45) is 5.73 Å². The van der Waals surface area contributed by atoms with Crippen molar-refractivity contribution in [2.45, 2.75) is 50.0 Å². The van der Waals surface area contributed by atoms with Crippen molar-refractivity contribution in [1.82, 2.24) is 10.6 Å². The van der Waals surface area contributed by atoms with Crippen LogP contribution in [-0.4, -0.2) is 53.8 Å². The summed E-state index contributed by atoms with van der Waals surface area (Å²) in [5, 5.41) is 13.2. The number of carboxylic acid groups (broad SMARTS) is 1. The Labute approximate surface area is 176 Å². The van der Waals surface area contributed by atoms with E-state index in [9.17, 15) is 27.6 Å². The number of amides is 2. The molecular weight excluding hydrogens is 419 g/mol. The first-order valence-corrected chi connectivity index (χ1v) is 9.66. The van der Waals surface area contributed by atoms with Crippen molar-refractivity contribution in [1.29, 1.82) is 0 Å². The Morgan fingerprint density at radius 1 is 1.10 bits per heavy atom. The molecule has 11 heteroatoms. The van der Waals surface area contributed by atoms with Crippen molar-refractivity contribution >= 4 is 17.8 Å². The first-order valence-electron chi connectivity index (χ1n) is 9.66. The summed E-state index contributed by atoms with van der Waals surface area (Å²) in [4.78, 5) is 34.9. The number of benzene rings is 1. The van der Waals surface area contributed by atoms with Crippen LogP contribution in [0.4, 0.5) is 13.2 Å². The predicted molar refractivity (Wildman–Crippen MR) is 104 cm³/mol. The largest absolute Gasteiger partial charge is 0.475 e. The average molecular weight is 443 g/mol. The summed E-state index contributed by atoms with van der Waals surface area (Å²) in [6.45, 7) is 0.203. The Bertz CT molecular complexity index is 814. The van der Waals surface area contributed by atoms with Crippen molar-refractivity contribution < 1.29 is 37.4 Å². The molecule has 0 saturated carbocycles. The standard InChI is InChI=1S/C20H24F3N3O5/c21-20(22,23)19(30)26-15-13(24)11-14(18(28)29)31-16(15)17(27)25-10-6-2-5-9-12-7-3-1-4-8-12/h1,3-4,7-8,11,13,15-16H,2,5-6,9-10,24H2,(H,25,27)(H,26,30)(H,28,29)/t13-,15+,16+/m0/s1. The number of unbranched alkanes of at least 4 members (excludes halogenated alkanes) is 2. The molecule has 0 unspecified atom stereocenters. The second-order valence-corrected chi connectivity index (χ2v) is 7.04. The number of alkyl halides is 3. The third kappa shape index (κ3) is 7.28. The Morgan fingerprint density at radius 2 is 1.77 bits per heavy atom. The van der Waals surface area contributed by atoms with Crippen LogP contribution in [0.5, 0.6) is 0 Å². The van der Waals surface area contributed by atoms with Crippen LogP contribution < -0.4 is 16.4 Å². The number of carboxylic acids is 1. The van der Waals surface area contributed by atoms with Gasteiger partial charge in [-0.1, -0.05) is 36.8 Å². The number of aliphatic carboxylic acids is 1. The molecule has 8 nitrogen and oxygen atoms in total. The normalized spacial score (nSPS) is 20.9. The zero-order valence-corrected chi connectivity index (χ0v) is 16.5. The van der Waals surface area contributed by atoms with Crippen LogP contribution in [0.15, 0.2) is 42.2 Å². The maximum atomic E-state index is 12.6. The third-order valence-electron chi connectivity index (χ3n) is 4.65. The molecule has 0 spiro atoms. The van der Waals surface area contributed by atoms with Gasteiger partial charge in [0.05, 0.1) is 12.1 Å². The van der Waals surface area contributed by atoms with E-state index in [1.165, 1.54) is 5.56 Å². The molecule has 170 valence electrons. The highest BCUT2D eigenvalue weighted by Crippen LogP contribution is 2.21. The number of nitrogens with one attached hydrogen (secondary N) is 2. The lowest BCUT2D eigenvalue weighted by Gasteiger charge is -2.34. The monoisotopic (exact) mass is 443 g/mol. The fraction of sp³-hybridized carbons (Fsp3) is 0.450. The zero-order valence-electron chi connectivity index (χ0n) is 16.5. The molecule has 0 saturated heterocycles. The molecular formula is C20H24F3N3O5. The lowest BCUT2D eigenvalue weighted by molar-refractivity contribution is -0.175. The van der Waals surface area contributed by atoms with Gasteiger partial charge < -0.3 is 26.2 Å². The van der Waals surface area contributed by atoms with E-state index >= 15 is 0 Å². The van der Waals surface area contributed by atoms with Crippen LogP contribution in [0.1, 0.15) is 24.8 Å².